The van der Waals surface area contributed by atoms with Gasteiger partial charge in [-0.3, -0.25) is 5.21 Å². The molecule has 0 saturated heterocycles. The largest absolute Gasteiger partial charge is 0.623 e. The fraction of sp³-hybridized carbons (Fsp3) is 0.714. The van der Waals surface area contributed by atoms with Gasteiger partial charge in [0.2, 0.25) is 11.8 Å². The van der Waals surface area contributed by atoms with Crippen molar-refractivity contribution in [3.63, 3.8) is 0 Å². The Morgan fingerprint density at radius 3 is 2.45 bits per heavy atom. The summed E-state index contributed by atoms with van der Waals surface area (Å²) in [6.45, 7) is 5.38. The molecule has 4 heteroatoms. The van der Waals surface area contributed by atoms with Gasteiger partial charge in [-0.05, 0) is 4.74 Å². The third-order valence-electron chi connectivity index (χ3n) is 2.34. The molecular weight excluding hydrogens is 144 g/mol. The first-order chi connectivity index (χ1) is 4.96. The third-order valence-corrected chi connectivity index (χ3v) is 2.34. The van der Waals surface area contributed by atoms with Crippen molar-refractivity contribution in [2.75, 3.05) is 0 Å². The molecule has 0 bridgehead atoms. The first-order valence-electron chi connectivity index (χ1n) is 3.58. The van der Waals surface area contributed by atoms with Crippen LogP contribution in [0.3, 0.4) is 0 Å². The van der Waals surface area contributed by atoms with Crippen molar-refractivity contribution in [3.05, 3.63) is 5.21 Å². The predicted molar refractivity (Wildman–Crippen MR) is 41.3 cm³/mol. The maximum absolute atomic E-state index is 11.2. The predicted octanol–water partition coefficient (Wildman–Crippen LogP) is 0.221. The van der Waals surface area contributed by atoms with E-state index in [1.807, 2.05) is 0 Å². The molecule has 0 aromatic heterocycles. The molecule has 0 unspecified atom stereocenters. The lowest BCUT2D eigenvalue weighted by molar-refractivity contribution is -0.823. The van der Waals surface area contributed by atoms with E-state index in [0.29, 0.717) is 0 Å². The number of hydroxylamine groups is 2. The smallest absolute Gasteiger partial charge is 0.280 e. The molecule has 1 aliphatic heterocycles. The molecule has 0 saturated carbocycles. The van der Waals surface area contributed by atoms with Crippen LogP contribution in [0.5, 0.6) is 0 Å². The second-order valence-electron chi connectivity index (χ2n) is 3.33. The molecule has 0 fully saturated rings. The summed E-state index contributed by atoms with van der Waals surface area (Å²) >= 11 is 0. The second-order valence-corrected chi connectivity index (χ2v) is 3.33. The molecule has 11 heavy (non-hydrogen) atoms. The zero-order chi connectivity index (χ0) is 8.65. The van der Waals surface area contributed by atoms with Gasteiger partial charge >= 0.3 is 0 Å². The van der Waals surface area contributed by atoms with Gasteiger partial charge in [0, 0.05) is 20.8 Å². The minimum Gasteiger partial charge on any atom is -0.623 e. The Morgan fingerprint density at radius 1 is 1.45 bits per heavy atom. The summed E-state index contributed by atoms with van der Waals surface area (Å²) < 4.78 is 1.90. The molecule has 4 nitrogen and oxygen atoms in total. The fourth-order valence-corrected chi connectivity index (χ4v) is 0.958. The van der Waals surface area contributed by atoms with E-state index in [2.05, 4.69) is 0 Å². The van der Waals surface area contributed by atoms with Crippen LogP contribution in [-0.2, 0) is 0 Å². The van der Waals surface area contributed by atoms with Crippen molar-refractivity contribution in [2.24, 2.45) is 0 Å². The lowest BCUT2D eigenvalue weighted by atomic mass is 9.96. The summed E-state index contributed by atoms with van der Waals surface area (Å²) in [5, 5.41) is 20.4. The number of nitrogens with zero attached hydrogens (tertiary/aromatic N) is 2. The molecule has 0 spiro atoms. The first-order valence-corrected chi connectivity index (χ1v) is 3.58. The highest BCUT2D eigenvalue weighted by molar-refractivity contribution is 6.11. The molecule has 1 aliphatic rings. The van der Waals surface area contributed by atoms with E-state index in [4.69, 9.17) is 0 Å². The van der Waals surface area contributed by atoms with Crippen LogP contribution in [-0.4, -0.2) is 38.7 Å². The first kappa shape index (κ1) is 8.04. The third kappa shape index (κ3) is 1.08. The van der Waals surface area contributed by atoms with Gasteiger partial charge < -0.3 is 5.21 Å². The van der Waals surface area contributed by atoms with Crippen molar-refractivity contribution in [3.8, 4) is 0 Å². The zero-order valence-corrected chi connectivity index (χ0v) is 6.98. The van der Waals surface area contributed by atoms with Crippen molar-refractivity contribution < 1.29 is 14.7 Å². The molecule has 0 amide bonds. The molecule has 1 rings (SSSR count). The average molecular weight is 157 g/mol. The molecule has 0 aromatic rings. The van der Waals surface area contributed by atoms with E-state index in [-0.39, 0.29) is 6.04 Å². The summed E-state index contributed by atoms with van der Waals surface area (Å²) in [5.74, 6) is 0. The average Bonchev–Trinajstić information content (AvgIpc) is 1.95. The number of hydrogen-bond donors (Lipinski definition) is 1. The fourth-order valence-electron chi connectivity index (χ4n) is 0.958. The van der Waals surface area contributed by atoms with Crippen LogP contribution < -0.4 is 0 Å². The van der Waals surface area contributed by atoms with Gasteiger partial charge in [0.05, 0.1) is 0 Å². The van der Waals surface area contributed by atoms with Crippen LogP contribution in [0.2, 0.25) is 0 Å². The Hall–Kier alpha value is -1.06. The lowest BCUT2D eigenvalue weighted by Crippen LogP contribution is -2.52. The van der Waals surface area contributed by atoms with Crippen LogP contribution in [0, 0.1) is 5.21 Å². The second kappa shape index (κ2) is 2.22. The van der Waals surface area contributed by atoms with E-state index in [0.717, 1.165) is 9.48 Å². The van der Waals surface area contributed by atoms with E-state index in [1.165, 1.54) is 12.4 Å². The molecule has 62 valence electrons. The maximum Gasteiger partial charge on any atom is 0.280 e. The monoisotopic (exact) mass is 157 g/mol. The maximum atomic E-state index is 11.2. The Labute approximate surface area is 65.6 Å². The molecule has 0 aliphatic carbocycles. The van der Waals surface area contributed by atoms with Crippen molar-refractivity contribution in [1.29, 1.82) is 0 Å². The number of hydrogen-bond acceptors (Lipinski definition) is 2. The van der Waals surface area contributed by atoms with Gasteiger partial charge in [-0.15, -0.1) is 0 Å². The molecule has 1 N–H and O–H groups in total. The SMILES string of the molecule is C[C@@H]1[N+](O)=CC=[N+]([O-])C1(C)C. The summed E-state index contributed by atoms with van der Waals surface area (Å²) in [4.78, 5) is 0. The highest BCUT2D eigenvalue weighted by atomic mass is 16.5. The van der Waals surface area contributed by atoms with Gasteiger partial charge in [0.1, 0.15) is 0 Å². The van der Waals surface area contributed by atoms with Gasteiger partial charge in [0.25, 0.3) is 12.3 Å². The van der Waals surface area contributed by atoms with Gasteiger partial charge in [0.15, 0.2) is 0 Å². The van der Waals surface area contributed by atoms with E-state index >= 15 is 0 Å². The minimum absolute atomic E-state index is 0.190. The van der Waals surface area contributed by atoms with Crippen molar-refractivity contribution >= 4 is 12.4 Å². The van der Waals surface area contributed by atoms with Crippen molar-refractivity contribution in [2.45, 2.75) is 32.4 Å². The van der Waals surface area contributed by atoms with E-state index < -0.39 is 5.54 Å². The van der Waals surface area contributed by atoms with Crippen molar-refractivity contribution in [1.82, 2.24) is 0 Å². The van der Waals surface area contributed by atoms with Crippen LogP contribution >= 0.6 is 0 Å². The molecule has 1 atom stereocenters. The topological polar surface area (TPSA) is 49.3 Å². The Morgan fingerprint density at radius 2 is 2.00 bits per heavy atom. The molecule has 1 heterocycles. The Balaban J connectivity index is 3.03. The molecule has 0 aromatic carbocycles. The van der Waals surface area contributed by atoms with Gasteiger partial charge in [-0.25, -0.2) is 0 Å². The summed E-state index contributed by atoms with van der Waals surface area (Å²) in [7, 11) is 0. The van der Waals surface area contributed by atoms with Crippen LogP contribution in [0.25, 0.3) is 0 Å². The minimum atomic E-state index is -0.566. The highest BCUT2D eigenvalue weighted by Gasteiger charge is 2.45. The normalized spacial score (nSPS) is 29.2. The highest BCUT2D eigenvalue weighted by Crippen LogP contribution is 2.16. The Bertz CT molecular complexity index is 231. The lowest BCUT2D eigenvalue weighted by Gasteiger charge is -2.26. The zero-order valence-electron chi connectivity index (χ0n) is 6.98. The standard InChI is InChI=1S/C7H13N2O2/c1-6-7(2,3)9(11)5-4-8(6)10/h4-6,10H,1-3H3/q+1/t6-/m0/s1. The van der Waals surface area contributed by atoms with Gasteiger partial charge in [-0.1, -0.05) is 0 Å². The van der Waals surface area contributed by atoms with Crippen LogP contribution in [0.1, 0.15) is 20.8 Å². The van der Waals surface area contributed by atoms with E-state index in [1.54, 1.807) is 20.8 Å². The Kier molecular flexibility index (Phi) is 1.62. The van der Waals surface area contributed by atoms with Crippen LogP contribution in [0.4, 0.5) is 0 Å². The van der Waals surface area contributed by atoms with E-state index in [9.17, 15) is 10.4 Å². The van der Waals surface area contributed by atoms with Gasteiger partial charge in [-0.2, -0.15) is 4.74 Å². The number of rotatable bonds is 0. The quantitative estimate of drug-likeness (QED) is 0.310. The summed E-state index contributed by atoms with van der Waals surface area (Å²) in [6, 6.07) is -0.190. The summed E-state index contributed by atoms with van der Waals surface area (Å²) in [5.41, 5.74) is -0.566. The summed E-state index contributed by atoms with van der Waals surface area (Å²) in [6.07, 6.45) is 2.68. The molecular formula is C7H13N2O2+. The van der Waals surface area contributed by atoms with Crippen LogP contribution in [0.15, 0.2) is 0 Å². The molecule has 0 radical (unpaired) electrons.